The van der Waals surface area contributed by atoms with E-state index >= 15 is 0 Å². The summed E-state index contributed by atoms with van der Waals surface area (Å²) in [6.07, 6.45) is 0. The van der Waals surface area contributed by atoms with E-state index in [0.29, 0.717) is 5.56 Å². The van der Waals surface area contributed by atoms with Gasteiger partial charge >= 0.3 is 0 Å². The second-order valence-corrected chi connectivity index (χ2v) is 5.61. The van der Waals surface area contributed by atoms with Crippen molar-refractivity contribution in [1.82, 2.24) is 0 Å². The van der Waals surface area contributed by atoms with Gasteiger partial charge in [0.25, 0.3) is 0 Å². The Hall–Kier alpha value is -1.66. The number of hydrogen-bond acceptors (Lipinski definition) is 2. The number of nitrogens with two attached hydrogens (primary N) is 1. The van der Waals surface area contributed by atoms with Crippen molar-refractivity contribution in [3.63, 3.8) is 0 Å². The highest BCUT2D eigenvalue weighted by Crippen LogP contribution is 2.19. The first-order valence-corrected chi connectivity index (χ1v) is 7.14. The zero-order valence-electron chi connectivity index (χ0n) is 10.4. The number of halogens is 3. The Labute approximate surface area is 116 Å². The molecule has 0 spiro atoms. The summed E-state index contributed by atoms with van der Waals surface area (Å²) in [4.78, 5) is -0.275. The van der Waals surface area contributed by atoms with Crippen molar-refractivity contribution >= 4 is 10.8 Å². The molecule has 0 radical (unpaired) electrons. The van der Waals surface area contributed by atoms with E-state index in [9.17, 15) is 17.4 Å². The molecule has 2 nitrogen and oxygen atoms in total. The summed E-state index contributed by atoms with van der Waals surface area (Å²) in [6.45, 7) is 0.217. The Morgan fingerprint density at radius 3 is 2.40 bits per heavy atom. The van der Waals surface area contributed by atoms with Crippen molar-refractivity contribution in [3.05, 3.63) is 65.0 Å². The molecule has 0 aromatic heterocycles. The molecule has 2 aromatic rings. The van der Waals surface area contributed by atoms with E-state index in [1.807, 2.05) is 0 Å². The van der Waals surface area contributed by atoms with E-state index in [0.717, 1.165) is 18.2 Å². The lowest BCUT2D eigenvalue weighted by Crippen LogP contribution is -2.04. The van der Waals surface area contributed by atoms with Gasteiger partial charge in [0.2, 0.25) is 0 Å². The standard InChI is InChI=1S/C14H12F3NOS/c15-11-2-4-13(17)14(6-11)20(19)8-10-5-9(7-18)1-3-12(10)16/h1-6H,7-8,18H2. The van der Waals surface area contributed by atoms with Gasteiger partial charge in [0.15, 0.2) is 0 Å². The summed E-state index contributed by atoms with van der Waals surface area (Å²) in [5.41, 5.74) is 6.29. The highest BCUT2D eigenvalue weighted by molar-refractivity contribution is 7.84. The van der Waals surface area contributed by atoms with Crippen molar-refractivity contribution in [3.8, 4) is 0 Å². The lowest BCUT2D eigenvalue weighted by Gasteiger charge is -2.07. The maximum atomic E-state index is 13.6. The Morgan fingerprint density at radius 2 is 1.70 bits per heavy atom. The first kappa shape index (κ1) is 14.7. The van der Waals surface area contributed by atoms with Gasteiger partial charge < -0.3 is 5.73 Å². The van der Waals surface area contributed by atoms with Gasteiger partial charge in [0.1, 0.15) is 17.5 Å². The van der Waals surface area contributed by atoms with Crippen molar-refractivity contribution < 1.29 is 17.4 Å². The molecule has 0 aliphatic rings. The maximum Gasteiger partial charge on any atom is 0.139 e. The van der Waals surface area contributed by atoms with Crippen molar-refractivity contribution in [2.75, 3.05) is 0 Å². The van der Waals surface area contributed by atoms with Gasteiger partial charge in [-0.05, 0) is 29.8 Å². The largest absolute Gasteiger partial charge is 0.326 e. The molecule has 0 saturated carbocycles. The van der Waals surface area contributed by atoms with Gasteiger partial charge in [0.05, 0.1) is 21.4 Å². The van der Waals surface area contributed by atoms with Crippen LogP contribution in [0.5, 0.6) is 0 Å². The van der Waals surface area contributed by atoms with Crippen LogP contribution in [0.1, 0.15) is 11.1 Å². The summed E-state index contributed by atoms with van der Waals surface area (Å²) in [5, 5.41) is 0. The molecule has 106 valence electrons. The Kier molecular flexibility index (Phi) is 4.57. The molecule has 0 aliphatic carbocycles. The minimum Gasteiger partial charge on any atom is -0.326 e. The van der Waals surface area contributed by atoms with E-state index in [1.54, 1.807) is 0 Å². The van der Waals surface area contributed by atoms with Crippen LogP contribution in [-0.2, 0) is 23.1 Å². The summed E-state index contributed by atoms with van der Waals surface area (Å²) >= 11 is 0. The van der Waals surface area contributed by atoms with Gasteiger partial charge in [-0.1, -0.05) is 12.1 Å². The predicted molar refractivity (Wildman–Crippen MR) is 70.8 cm³/mol. The molecule has 2 aromatic carbocycles. The van der Waals surface area contributed by atoms with Gasteiger partial charge in [-0.25, -0.2) is 13.2 Å². The predicted octanol–water partition coefficient (Wildman–Crippen LogP) is 2.87. The first-order valence-electron chi connectivity index (χ1n) is 5.82. The molecule has 2 N–H and O–H groups in total. The summed E-state index contributed by atoms with van der Waals surface area (Å²) in [6, 6.07) is 6.91. The van der Waals surface area contributed by atoms with Crippen LogP contribution in [0, 0.1) is 17.5 Å². The molecule has 6 heteroatoms. The van der Waals surface area contributed by atoms with Crippen LogP contribution >= 0.6 is 0 Å². The van der Waals surface area contributed by atoms with Crippen LogP contribution in [0.25, 0.3) is 0 Å². The van der Waals surface area contributed by atoms with E-state index < -0.39 is 28.3 Å². The average Bonchev–Trinajstić information content (AvgIpc) is 2.43. The van der Waals surface area contributed by atoms with Gasteiger partial charge in [-0.2, -0.15) is 0 Å². The van der Waals surface area contributed by atoms with Crippen LogP contribution in [0.2, 0.25) is 0 Å². The number of benzene rings is 2. The van der Waals surface area contributed by atoms with Crippen LogP contribution in [0.4, 0.5) is 13.2 Å². The smallest absolute Gasteiger partial charge is 0.139 e. The molecule has 1 unspecified atom stereocenters. The van der Waals surface area contributed by atoms with Gasteiger partial charge in [-0.15, -0.1) is 0 Å². The van der Waals surface area contributed by atoms with Crippen molar-refractivity contribution in [2.45, 2.75) is 17.2 Å². The zero-order valence-corrected chi connectivity index (χ0v) is 11.2. The highest BCUT2D eigenvalue weighted by atomic mass is 32.2. The lowest BCUT2D eigenvalue weighted by molar-refractivity contribution is 0.571. The van der Waals surface area contributed by atoms with E-state index in [1.165, 1.54) is 18.2 Å². The second kappa shape index (κ2) is 6.19. The topological polar surface area (TPSA) is 43.1 Å². The molecule has 2 rings (SSSR count). The average molecular weight is 299 g/mol. The van der Waals surface area contributed by atoms with Gasteiger partial charge in [0, 0.05) is 12.1 Å². The SMILES string of the molecule is NCc1ccc(F)c(CS(=O)c2cc(F)ccc2F)c1. The highest BCUT2D eigenvalue weighted by Gasteiger charge is 2.14. The van der Waals surface area contributed by atoms with Crippen LogP contribution in [0.15, 0.2) is 41.3 Å². The fourth-order valence-corrected chi connectivity index (χ4v) is 2.93. The minimum absolute atomic E-state index is 0.162. The molecule has 0 amide bonds. The van der Waals surface area contributed by atoms with E-state index in [-0.39, 0.29) is 22.8 Å². The molecular formula is C14H12F3NOS. The van der Waals surface area contributed by atoms with Crippen LogP contribution in [0.3, 0.4) is 0 Å². The molecular weight excluding hydrogens is 287 g/mol. The molecule has 0 bridgehead atoms. The maximum absolute atomic E-state index is 13.6. The quantitative estimate of drug-likeness (QED) is 0.943. The Morgan fingerprint density at radius 1 is 1.00 bits per heavy atom. The summed E-state index contributed by atoms with van der Waals surface area (Å²) < 4.78 is 52.2. The van der Waals surface area contributed by atoms with Crippen LogP contribution in [-0.4, -0.2) is 4.21 Å². The molecule has 0 aliphatic heterocycles. The normalized spacial score (nSPS) is 12.4. The third-order valence-electron chi connectivity index (χ3n) is 2.77. The van der Waals surface area contributed by atoms with Crippen molar-refractivity contribution in [1.29, 1.82) is 0 Å². The zero-order chi connectivity index (χ0) is 14.7. The molecule has 0 saturated heterocycles. The lowest BCUT2D eigenvalue weighted by atomic mass is 10.1. The third-order valence-corrected chi connectivity index (χ3v) is 4.15. The first-order chi connectivity index (χ1) is 9.51. The van der Waals surface area contributed by atoms with Crippen LogP contribution < -0.4 is 5.73 Å². The Bertz CT molecular complexity index is 661. The summed E-state index contributed by atoms with van der Waals surface area (Å²) in [5.74, 6) is -2.25. The molecule has 20 heavy (non-hydrogen) atoms. The van der Waals surface area contributed by atoms with E-state index in [4.69, 9.17) is 5.73 Å². The monoisotopic (exact) mass is 299 g/mol. The fourth-order valence-electron chi connectivity index (χ4n) is 1.74. The number of hydrogen-bond donors (Lipinski definition) is 1. The third kappa shape index (κ3) is 3.26. The molecule has 1 atom stereocenters. The van der Waals surface area contributed by atoms with Crippen molar-refractivity contribution in [2.24, 2.45) is 5.73 Å². The Balaban J connectivity index is 2.30. The second-order valence-electron chi connectivity index (χ2n) is 4.19. The summed E-state index contributed by atoms with van der Waals surface area (Å²) in [7, 11) is -1.87. The fraction of sp³-hybridized carbons (Fsp3) is 0.143. The number of rotatable bonds is 4. The van der Waals surface area contributed by atoms with Gasteiger partial charge in [-0.3, -0.25) is 4.21 Å². The molecule has 0 fully saturated rings. The molecule has 0 heterocycles. The minimum atomic E-state index is -1.87. The van der Waals surface area contributed by atoms with E-state index in [2.05, 4.69) is 0 Å².